The molecule has 198 valence electrons. The van der Waals surface area contributed by atoms with Gasteiger partial charge in [0, 0.05) is 28.5 Å². The first kappa shape index (κ1) is 25.3. The number of nitrogens with one attached hydrogen (secondary N) is 4. The van der Waals surface area contributed by atoms with Crippen LogP contribution >= 0.6 is 11.6 Å². The predicted octanol–water partition coefficient (Wildman–Crippen LogP) is 7.33. The van der Waals surface area contributed by atoms with Crippen molar-refractivity contribution >= 4 is 52.2 Å². The topological polar surface area (TPSA) is 99.2 Å². The number of anilines is 6. The van der Waals surface area contributed by atoms with E-state index in [-0.39, 0.29) is 11.9 Å². The largest absolute Gasteiger partial charge is 0.324 e. The molecule has 1 aliphatic rings. The third-order valence-electron chi connectivity index (χ3n) is 6.24. The van der Waals surface area contributed by atoms with Crippen molar-refractivity contribution in [1.29, 1.82) is 0 Å². The van der Waals surface area contributed by atoms with Crippen LogP contribution in [0.25, 0.3) is 0 Å². The van der Waals surface area contributed by atoms with Gasteiger partial charge in [0.05, 0.1) is 11.8 Å². The predicted molar refractivity (Wildman–Crippen MR) is 157 cm³/mol. The summed E-state index contributed by atoms with van der Waals surface area (Å²) in [4.78, 5) is 13.5. The summed E-state index contributed by atoms with van der Waals surface area (Å²) < 4.78 is 13.4. The minimum atomic E-state index is -0.322. The summed E-state index contributed by atoms with van der Waals surface area (Å²) >= 11 is 6.16. The maximum absolute atomic E-state index is 13.4. The van der Waals surface area contributed by atoms with Crippen LogP contribution in [0.4, 0.5) is 39.3 Å². The van der Waals surface area contributed by atoms with E-state index in [0.29, 0.717) is 28.6 Å². The molecule has 10 heteroatoms. The van der Waals surface area contributed by atoms with Crippen molar-refractivity contribution < 1.29 is 4.39 Å². The highest BCUT2D eigenvalue weighted by Gasteiger charge is 2.21. The fraction of sp³-hybridized carbons (Fsp3) is 0.0667. The van der Waals surface area contributed by atoms with Crippen LogP contribution in [-0.2, 0) is 0 Å². The second kappa shape index (κ2) is 11.4. The van der Waals surface area contributed by atoms with Crippen molar-refractivity contribution in [3.8, 4) is 0 Å². The molecule has 5 aromatic rings. The van der Waals surface area contributed by atoms with E-state index in [9.17, 15) is 4.39 Å². The van der Waals surface area contributed by atoms with E-state index in [1.807, 2.05) is 78.9 Å². The van der Waals surface area contributed by atoms with Crippen LogP contribution in [0, 0.1) is 5.82 Å². The molecule has 0 bridgehead atoms. The lowest BCUT2D eigenvalue weighted by Gasteiger charge is -2.12. The average molecular weight is 551 g/mol. The van der Waals surface area contributed by atoms with Gasteiger partial charge in [0.1, 0.15) is 5.82 Å². The summed E-state index contributed by atoms with van der Waals surface area (Å²) in [6.07, 6.45) is 0.757. The normalized spacial score (nSPS) is 14.2. The zero-order valence-electron chi connectivity index (χ0n) is 21.1. The maximum Gasteiger partial charge on any atom is 0.233 e. The SMILES string of the molecule is Fc1ccc(Nc2nc(Nc3ccccc3)nc(Nc3ccc(C4=NNC(c5cccc(Cl)c5)C4)cc3)n2)cc1. The van der Waals surface area contributed by atoms with E-state index >= 15 is 0 Å². The number of halogens is 2. The Morgan fingerprint density at radius 3 is 1.85 bits per heavy atom. The maximum atomic E-state index is 13.4. The first-order valence-corrected chi connectivity index (χ1v) is 13.0. The molecule has 4 aromatic carbocycles. The lowest BCUT2D eigenvalue weighted by Crippen LogP contribution is -2.09. The van der Waals surface area contributed by atoms with Crippen molar-refractivity contribution in [2.75, 3.05) is 16.0 Å². The molecule has 40 heavy (non-hydrogen) atoms. The summed E-state index contributed by atoms with van der Waals surface area (Å²) in [7, 11) is 0. The molecule has 8 nitrogen and oxygen atoms in total. The fourth-order valence-electron chi connectivity index (χ4n) is 4.27. The Balaban J connectivity index is 1.19. The number of hydrogen-bond acceptors (Lipinski definition) is 8. The first-order chi connectivity index (χ1) is 19.6. The number of hydrogen-bond donors (Lipinski definition) is 4. The quantitative estimate of drug-likeness (QED) is 0.160. The number of para-hydroxylation sites is 1. The third kappa shape index (κ3) is 6.16. The standard InChI is InChI=1S/C30H24ClFN8/c31-21-6-4-5-20(17-21)27-18-26(39-40-27)19-9-13-24(14-10-19)34-29-36-28(33-23-7-2-1-3-8-23)37-30(38-29)35-25-15-11-22(32)12-16-25/h1-17,27,40H,18H2,(H3,33,34,35,36,37,38). The first-order valence-electron chi connectivity index (χ1n) is 12.6. The summed E-state index contributed by atoms with van der Waals surface area (Å²) in [5, 5.41) is 14.8. The van der Waals surface area contributed by atoms with E-state index in [2.05, 4.69) is 41.4 Å². The summed E-state index contributed by atoms with van der Waals surface area (Å²) in [6.45, 7) is 0. The zero-order chi connectivity index (χ0) is 27.3. The number of rotatable bonds is 8. The summed E-state index contributed by atoms with van der Waals surface area (Å²) in [5.74, 6) is 0.672. The van der Waals surface area contributed by atoms with Crippen LogP contribution < -0.4 is 21.4 Å². The second-order valence-electron chi connectivity index (χ2n) is 9.13. The van der Waals surface area contributed by atoms with Crippen molar-refractivity contribution in [3.63, 3.8) is 0 Å². The van der Waals surface area contributed by atoms with Gasteiger partial charge in [0.2, 0.25) is 17.8 Å². The van der Waals surface area contributed by atoms with Gasteiger partial charge in [-0.2, -0.15) is 20.1 Å². The van der Waals surface area contributed by atoms with E-state index in [1.165, 1.54) is 12.1 Å². The van der Waals surface area contributed by atoms with Gasteiger partial charge >= 0.3 is 0 Å². The minimum Gasteiger partial charge on any atom is -0.324 e. The minimum absolute atomic E-state index is 0.0827. The van der Waals surface area contributed by atoms with Crippen molar-refractivity contribution in [3.05, 3.63) is 125 Å². The van der Waals surface area contributed by atoms with E-state index in [4.69, 9.17) is 11.6 Å². The molecule has 0 saturated carbocycles. The molecular formula is C30H24ClFN8. The average Bonchev–Trinajstić information content (AvgIpc) is 3.46. The molecule has 2 heterocycles. The summed E-state index contributed by atoms with van der Waals surface area (Å²) in [5.41, 5.74) is 8.58. The Kier molecular flexibility index (Phi) is 7.19. The molecule has 4 N–H and O–H groups in total. The highest BCUT2D eigenvalue weighted by molar-refractivity contribution is 6.30. The van der Waals surface area contributed by atoms with Gasteiger partial charge in [-0.25, -0.2) is 4.39 Å². The molecule has 0 spiro atoms. The molecule has 6 rings (SSSR count). The Hall–Kier alpha value is -5.02. The second-order valence-corrected chi connectivity index (χ2v) is 9.57. The van der Waals surface area contributed by atoms with Gasteiger partial charge in [-0.05, 0) is 71.8 Å². The number of hydrazone groups is 1. The molecular weight excluding hydrogens is 527 g/mol. The van der Waals surface area contributed by atoms with Crippen LogP contribution in [0.3, 0.4) is 0 Å². The fourth-order valence-corrected chi connectivity index (χ4v) is 4.47. The highest BCUT2D eigenvalue weighted by Crippen LogP contribution is 2.27. The summed E-state index contributed by atoms with van der Waals surface area (Å²) in [6, 6.07) is 31.4. The molecule has 1 aromatic heterocycles. The van der Waals surface area contributed by atoms with Gasteiger partial charge in [-0.1, -0.05) is 54.1 Å². The number of nitrogens with zero attached hydrogens (tertiary/aromatic N) is 4. The molecule has 0 saturated heterocycles. The Labute approximate surface area is 235 Å². The van der Waals surface area contributed by atoms with Gasteiger partial charge in [0.25, 0.3) is 0 Å². The molecule has 0 amide bonds. The molecule has 1 unspecified atom stereocenters. The van der Waals surface area contributed by atoms with Gasteiger partial charge < -0.3 is 21.4 Å². The van der Waals surface area contributed by atoms with Crippen LogP contribution in [0.2, 0.25) is 5.02 Å². The van der Waals surface area contributed by atoms with Gasteiger partial charge in [-0.15, -0.1) is 0 Å². The molecule has 0 radical (unpaired) electrons. The Bertz CT molecular complexity index is 1640. The van der Waals surface area contributed by atoms with Crippen molar-refractivity contribution in [1.82, 2.24) is 20.4 Å². The lowest BCUT2D eigenvalue weighted by molar-refractivity contribution is 0.620. The monoisotopic (exact) mass is 550 g/mol. The number of benzene rings is 4. The zero-order valence-corrected chi connectivity index (χ0v) is 21.9. The van der Waals surface area contributed by atoms with Gasteiger partial charge in [0.15, 0.2) is 0 Å². The van der Waals surface area contributed by atoms with Crippen molar-refractivity contribution in [2.45, 2.75) is 12.5 Å². The number of aromatic nitrogens is 3. The Morgan fingerprint density at radius 1 is 0.675 bits per heavy atom. The van der Waals surface area contributed by atoms with Crippen molar-refractivity contribution in [2.24, 2.45) is 5.10 Å². The lowest BCUT2D eigenvalue weighted by atomic mass is 9.99. The van der Waals surface area contributed by atoms with Crippen LogP contribution in [0.1, 0.15) is 23.6 Å². The third-order valence-corrected chi connectivity index (χ3v) is 6.48. The van der Waals surface area contributed by atoms with Crippen LogP contribution in [0.5, 0.6) is 0 Å². The van der Waals surface area contributed by atoms with E-state index in [0.717, 1.165) is 34.6 Å². The highest BCUT2D eigenvalue weighted by atomic mass is 35.5. The molecule has 1 atom stereocenters. The van der Waals surface area contributed by atoms with Crippen LogP contribution in [0.15, 0.2) is 108 Å². The smallest absolute Gasteiger partial charge is 0.233 e. The Morgan fingerprint density at radius 2 is 1.25 bits per heavy atom. The van der Waals surface area contributed by atoms with Crippen LogP contribution in [-0.4, -0.2) is 20.7 Å². The van der Waals surface area contributed by atoms with E-state index in [1.54, 1.807) is 12.1 Å². The van der Waals surface area contributed by atoms with E-state index < -0.39 is 0 Å². The van der Waals surface area contributed by atoms with Gasteiger partial charge in [-0.3, -0.25) is 0 Å². The molecule has 0 aliphatic carbocycles. The molecule has 0 fully saturated rings. The molecule has 1 aliphatic heterocycles.